The van der Waals surface area contributed by atoms with Crippen molar-refractivity contribution in [2.75, 3.05) is 0 Å². The minimum atomic E-state index is -2.95. The number of alkyl carbamates (subject to hydrolysis) is 1. The average Bonchev–Trinajstić information content (AvgIpc) is 3.78. The van der Waals surface area contributed by atoms with Gasteiger partial charge in [0.1, 0.15) is 16.4 Å². The minimum Gasteiger partial charge on any atom is -0.435 e. The van der Waals surface area contributed by atoms with Gasteiger partial charge in [0.2, 0.25) is 0 Å². The smallest absolute Gasteiger partial charge is 0.408 e. The molecule has 0 radical (unpaired) electrons. The first kappa shape index (κ1) is 32.4. The highest BCUT2D eigenvalue weighted by atomic mass is 32.1. The average molecular weight is 660 g/mol. The Morgan fingerprint density at radius 1 is 0.872 bits per heavy atom. The summed E-state index contributed by atoms with van der Waals surface area (Å²) in [5, 5.41) is 17.6. The second-order valence-corrected chi connectivity index (χ2v) is 16.3. The summed E-state index contributed by atoms with van der Waals surface area (Å²) < 4.78 is 7.34. The van der Waals surface area contributed by atoms with Crippen LogP contribution in [-0.2, 0) is 15.1 Å². The Kier molecular flexibility index (Phi) is 10.0. The number of benzene rings is 4. The Morgan fingerprint density at radius 2 is 1.40 bits per heavy atom. The molecule has 1 heterocycles. The molecule has 0 spiro atoms. The van der Waals surface area contributed by atoms with E-state index in [2.05, 4.69) is 11.4 Å². The van der Waals surface area contributed by atoms with Gasteiger partial charge in [-0.2, -0.15) is 5.26 Å². The summed E-state index contributed by atoms with van der Waals surface area (Å²) in [5.41, 5.74) is 0.0399. The third-order valence-electron chi connectivity index (χ3n) is 8.94. The van der Waals surface area contributed by atoms with Gasteiger partial charge in [0.25, 0.3) is 0 Å². The number of thiazole rings is 1. The molecule has 0 bridgehead atoms. The van der Waals surface area contributed by atoms with E-state index in [1.807, 2.05) is 122 Å². The van der Waals surface area contributed by atoms with Crippen molar-refractivity contribution in [3.63, 3.8) is 0 Å². The first-order valence-corrected chi connectivity index (χ1v) is 18.9. The Balaban J connectivity index is 1.44. The van der Waals surface area contributed by atoms with E-state index in [0.29, 0.717) is 25.7 Å². The fourth-order valence-corrected chi connectivity index (χ4v) is 12.0. The zero-order chi connectivity index (χ0) is 32.7. The number of amides is 1. The van der Waals surface area contributed by atoms with E-state index in [0.717, 1.165) is 50.4 Å². The van der Waals surface area contributed by atoms with Crippen molar-refractivity contribution in [2.24, 2.45) is 0 Å². The maximum absolute atomic E-state index is 14.9. The number of ketones is 1. The van der Waals surface area contributed by atoms with Gasteiger partial charge in [-0.1, -0.05) is 123 Å². The van der Waals surface area contributed by atoms with Gasteiger partial charge in [-0.15, -0.1) is 11.3 Å². The van der Waals surface area contributed by atoms with E-state index in [1.165, 1.54) is 0 Å². The molecule has 1 amide bonds. The zero-order valence-corrected chi connectivity index (χ0v) is 28.2. The predicted octanol–water partition coefficient (Wildman–Crippen LogP) is 7.61. The van der Waals surface area contributed by atoms with Gasteiger partial charge >= 0.3 is 6.09 Å². The molecule has 1 saturated carbocycles. The highest BCUT2D eigenvalue weighted by Crippen LogP contribution is 2.47. The number of nitrogens with zero attached hydrogens (tertiary/aromatic N) is 2. The highest BCUT2D eigenvalue weighted by molar-refractivity contribution is 7.97. The summed E-state index contributed by atoms with van der Waals surface area (Å²) in [7, 11) is 0. The lowest BCUT2D eigenvalue weighted by Crippen LogP contribution is -2.47. The molecule has 8 heteroatoms. The van der Waals surface area contributed by atoms with Crippen LogP contribution in [0.1, 0.15) is 56.9 Å². The number of nitrogens with one attached hydrogen (secondary N) is 1. The van der Waals surface area contributed by atoms with Crippen LogP contribution >= 0.6 is 18.2 Å². The molecule has 1 N–H and O–H groups in total. The molecule has 5 aromatic rings. The molecule has 1 aromatic heterocycles. The Labute approximate surface area is 280 Å². The summed E-state index contributed by atoms with van der Waals surface area (Å²) >= 11 is 1.55. The summed E-state index contributed by atoms with van der Waals surface area (Å²) in [6, 6.07) is 38.9. The van der Waals surface area contributed by atoms with Crippen LogP contribution in [-0.4, -0.2) is 28.2 Å². The molecule has 0 saturated heterocycles. The van der Waals surface area contributed by atoms with E-state index in [-0.39, 0.29) is 11.1 Å². The number of Topliss-reactive ketones (excluding diaryl/α,β-unsaturated/α-hetero) is 1. The van der Waals surface area contributed by atoms with Crippen molar-refractivity contribution in [2.45, 2.75) is 63.5 Å². The fourth-order valence-electron chi connectivity index (χ4n) is 6.65. The molecule has 0 aliphatic heterocycles. The number of aromatic nitrogens is 1. The second kappa shape index (κ2) is 14.5. The number of nitriles is 1. The van der Waals surface area contributed by atoms with Crippen LogP contribution in [0.4, 0.5) is 4.79 Å². The lowest BCUT2D eigenvalue weighted by atomic mass is 10.0. The van der Waals surface area contributed by atoms with E-state index >= 15 is 0 Å². The Hall–Kier alpha value is -4.50. The summed E-state index contributed by atoms with van der Waals surface area (Å²) in [4.78, 5) is 33.6. The van der Waals surface area contributed by atoms with Crippen molar-refractivity contribution in [3.8, 4) is 6.07 Å². The fraction of sp³-hybridized carbons (Fsp3) is 0.256. The van der Waals surface area contributed by atoms with Crippen molar-refractivity contribution >= 4 is 61.5 Å². The van der Waals surface area contributed by atoms with Crippen molar-refractivity contribution in [3.05, 3.63) is 120 Å². The molecule has 6 nitrogen and oxygen atoms in total. The maximum Gasteiger partial charge on any atom is 0.408 e. The normalized spacial score (nSPS) is 14.6. The highest BCUT2D eigenvalue weighted by Gasteiger charge is 2.43. The summed E-state index contributed by atoms with van der Waals surface area (Å²) in [5.74, 6) is -0.372. The van der Waals surface area contributed by atoms with Gasteiger partial charge in [0.15, 0.2) is 11.4 Å². The second-order valence-electron chi connectivity index (χ2n) is 11.9. The van der Waals surface area contributed by atoms with Gasteiger partial charge < -0.3 is 10.1 Å². The monoisotopic (exact) mass is 659 g/mol. The number of fused-ring (bicyclic) bond motifs is 1. The minimum absolute atomic E-state index is 0.157. The quantitative estimate of drug-likeness (QED) is 0.147. The standard InChI is InChI=1S/C39H38N3O3PS/c1-2-3-23-33(42-38(44)45-39(26-15-16-27-39)37-41-32-24-13-14-25-35(32)47-37)36(43)34(28-40)46(29-17-7-4-8-18-29,30-19-9-5-10-20-30)31-21-11-6-12-22-31/h4-14,17-22,24-25,33H,2-3,15-16,23,26-27H2,1H3,(H,42,44)/t33-/m0/s1. The summed E-state index contributed by atoms with van der Waals surface area (Å²) in [6.07, 6.45) is 4.46. The van der Waals surface area contributed by atoms with Gasteiger partial charge in [0.05, 0.1) is 16.3 Å². The molecule has 1 aliphatic rings. The Bertz CT molecular complexity index is 1810. The number of unbranched alkanes of at least 4 members (excludes halogenated alkanes) is 1. The van der Waals surface area contributed by atoms with Crippen molar-refractivity contribution < 1.29 is 14.3 Å². The van der Waals surface area contributed by atoms with Crippen LogP contribution in [0.5, 0.6) is 0 Å². The third kappa shape index (κ3) is 6.41. The Morgan fingerprint density at radius 3 is 1.91 bits per heavy atom. The van der Waals surface area contributed by atoms with Crippen LogP contribution in [0.3, 0.4) is 0 Å². The van der Waals surface area contributed by atoms with E-state index < -0.39 is 24.6 Å². The van der Waals surface area contributed by atoms with Gasteiger partial charge in [0, 0.05) is 0 Å². The SMILES string of the molecule is CCCC[C@H](NC(=O)OC1(c2nc3ccccc3s2)CCCC1)C(=O)C(C#N)=P(c1ccccc1)(c1ccccc1)c1ccccc1. The largest absolute Gasteiger partial charge is 0.435 e. The molecule has 1 aliphatic carbocycles. The van der Waals surface area contributed by atoms with E-state index in [9.17, 15) is 14.9 Å². The molecule has 238 valence electrons. The maximum atomic E-state index is 14.9. The zero-order valence-electron chi connectivity index (χ0n) is 26.5. The van der Waals surface area contributed by atoms with E-state index in [1.54, 1.807) is 11.3 Å². The predicted molar refractivity (Wildman–Crippen MR) is 193 cm³/mol. The van der Waals surface area contributed by atoms with Gasteiger partial charge in [-0.25, -0.2) is 9.78 Å². The molecule has 0 unspecified atom stereocenters. The summed E-state index contributed by atoms with van der Waals surface area (Å²) in [6.45, 7) is -0.904. The molecular formula is C39H38N3O3PS. The number of ether oxygens (including phenoxy) is 1. The van der Waals surface area contributed by atoms with Crippen molar-refractivity contribution in [1.29, 1.82) is 5.26 Å². The molecule has 4 aromatic carbocycles. The number of carbonyl (C=O) groups excluding carboxylic acids is 2. The van der Waals surface area contributed by atoms with Crippen LogP contribution in [0, 0.1) is 11.3 Å². The van der Waals surface area contributed by atoms with Gasteiger partial charge in [-0.3, -0.25) is 4.79 Å². The number of hydrogen-bond acceptors (Lipinski definition) is 6. The van der Waals surface area contributed by atoms with E-state index in [4.69, 9.17) is 9.72 Å². The lowest BCUT2D eigenvalue weighted by molar-refractivity contribution is -0.114. The molecule has 47 heavy (non-hydrogen) atoms. The number of para-hydroxylation sites is 1. The molecular weight excluding hydrogens is 621 g/mol. The molecule has 1 fully saturated rings. The van der Waals surface area contributed by atoms with Crippen LogP contribution in [0.15, 0.2) is 115 Å². The molecule has 1 atom stereocenters. The number of hydrogen-bond donors (Lipinski definition) is 1. The number of rotatable bonds is 11. The van der Waals surface area contributed by atoms with Gasteiger partial charge in [-0.05, 0) is 67.0 Å². The van der Waals surface area contributed by atoms with Crippen LogP contribution in [0.25, 0.3) is 10.2 Å². The molecule has 6 rings (SSSR count). The van der Waals surface area contributed by atoms with Crippen molar-refractivity contribution in [1.82, 2.24) is 10.3 Å². The van der Waals surface area contributed by atoms with Crippen LogP contribution < -0.4 is 21.2 Å². The first-order valence-electron chi connectivity index (χ1n) is 16.2. The van der Waals surface area contributed by atoms with Crippen LogP contribution in [0.2, 0.25) is 0 Å². The number of carbonyl (C=O) groups is 2. The third-order valence-corrected chi connectivity index (χ3v) is 14.4. The topological polar surface area (TPSA) is 92.1 Å². The lowest BCUT2D eigenvalue weighted by Gasteiger charge is -2.32. The first-order chi connectivity index (χ1) is 23.0.